The van der Waals surface area contributed by atoms with E-state index in [-0.39, 0.29) is 22.1 Å². The Bertz CT molecular complexity index is 986. The summed E-state index contributed by atoms with van der Waals surface area (Å²) in [6.45, 7) is 3.46. The molecule has 0 aromatic heterocycles. The van der Waals surface area contributed by atoms with E-state index < -0.39 is 10.0 Å². The van der Waals surface area contributed by atoms with E-state index >= 15 is 0 Å². The second-order valence-electron chi connectivity index (χ2n) is 7.36. The van der Waals surface area contributed by atoms with Crippen LogP contribution in [0.3, 0.4) is 0 Å². The Hall–Kier alpha value is -2.42. The average molecular weight is 432 g/mol. The fraction of sp³-hybridized carbons (Fsp3) is 0.409. The highest BCUT2D eigenvalue weighted by Gasteiger charge is 2.20. The number of hydrogen-bond acceptors (Lipinski definition) is 5. The van der Waals surface area contributed by atoms with Crippen molar-refractivity contribution in [1.29, 1.82) is 0 Å². The van der Waals surface area contributed by atoms with Crippen molar-refractivity contribution in [3.05, 3.63) is 59.2 Å². The normalized spacial score (nSPS) is 15.0. The molecule has 0 aliphatic carbocycles. The molecule has 7 nitrogen and oxygen atoms in total. The topological polar surface area (TPSA) is 87.7 Å². The summed E-state index contributed by atoms with van der Waals surface area (Å²) in [5, 5.41) is 2.91. The largest absolute Gasteiger partial charge is 0.495 e. The van der Waals surface area contributed by atoms with Crippen molar-refractivity contribution in [1.82, 2.24) is 14.9 Å². The first-order valence-electron chi connectivity index (χ1n) is 10.1. The highest BCUT2D eigenvalue weighted by Crippen LogP contribution is 2.24. The third kappa shape index (κ3) is 5.38. The first kappa shape index (κ1) is 22.3. The Morgan fingerprint density at radius 3 is 2.43 bits per heavy atom. The SMILES string of the molecule is CNS(=O)(=O)c1cc(C(=O)NCc2ccccc2CN2CCCCC2)ccc1OC. The van der Waals surface area contributed by atoms with Gasteiger partial charge in [0.25, 0.3) is 5.91 Å². The number of carbonyl (C=O) groups is 1. The Labute approximate surface area is 178 Å². The molecule has 2 aromatic carbocycles. The predicted octanol–water partition coefficient (Wildman–Crippen LogP) is 2.52. The molecule has 1 aliphatic rings. The molecule has 0 unspecified atom stereocenters. The van der Waals surface area contributed by atoms with Gasteiger partial charge in [-0.05, 0) is 62.3 Å². The summed E-state index contributed by atoms with van der Waals surface area (Å²) in [6.07, 6.45) is 3.75. The third-order valence-electron chi connectivity index (χ3n) is 5.38. The number of carbonyl (C=O) groups excluding carboxylic acids is 1. The van der Waals surface area contributed by atoms with Crippen LogP contribution in [-0.4, -0.2) is 46.5 Å². The molecule has 2 N–H and O–H groups in total. The molecule has 30 heavy (non-hydrogen) atoms. The number of piperidine rings is 1. The first-order chi connectivity index (χ1) is 14.4. The van der Waals surface area contributed by atoms with Crippen molar-refractivity contribution in [3.8, 4) is 5.75 Å². The predicted molar refractivity (Wildman–Crippen MR) is 116 cm³/mol. The second kappa shape index (κ2) is 10.1. The lowest BCUT2D eigenvalue weighted by molar-refractivity contribution is 0.0950. The zero-order valence-electron chi connectivity index (χ0n) is 17.5. The van der Waals surface area contributed by atoms with Crippen molar-refractivity contribution < 1.29 is 17.9 Å². The van der Waals surface area contributed by atoms with Crippen LogP contribution in [0.4, 0.5) is 0 Å². The zero-order chi connectivity index (χ0) is 21.6. The Morgan fingerprint density at radius 2 is 1.77 bits per heavy atom. The van der Waals surface area contributed by atoms with E-state index in [1.54, 1.807) is 6.07 Å². The maximum absolute atomic E-state index is 12.7. The molecule has 1 amide bonds. The molecule has 1 saturated heterocycles. The summed E-state index contributed by atoms with van der Waals surface area (Å²) in [5.74, 6) is -0.147. The van der Waals surface area contributed by atoms with Crippen molar-refractivity contribution >= 4 is 15.9 Å². The van der Waals surface area contributed by atoms with E-state index in [9.17, 15) is 13.2 Å². The van der Waals surface area contributed by atoms with Gasteiger partial charge >= 0.3 is 0 Å². The maximum Gasteiger partial charge on any atom is 0.251 e. The Kier molecular flexibility index (Phi) is 7.47. The molecule has 2 aromatic rings. The molecule has 3 rings (SSSR count). The van der Waals surface area contributed by atoms with Crippen LogP contribution in [0, 0.1) is 0 Å². The van der Waals surface area contributed by atoms with Gasteiger partial charge < -0.3 is 10.1 Å². The van der Waals surface area contributed by atoms with Crippen LogP contribution in [0.1, 0.15) is 40.7 Å². The Balaban J connectivity index is 1.72. The van der Waals surface area contributed by atoms with E-state index in [2.05, 4.69) is 21.0 Å². The number of benzene rings is 2. The molecular weight excluding hydrogens is 402 g/mol. The summed E-state index contributed by atoms with van der Waals surface area (Å²) < 4.78 is 31.9. The molecule has 0 radical (unpaired) electrons. The van der Waals surface area contributed by atoms with Crippen LogP contribution < -0.4 is 14.8 Å². The van der Waals surface area contributed by atoms with Gasteiger partial charge in [0.05, 0.1) is 7.11 Å². The van der Waals surface area contributed by atoms with Crippen LogP contribution in [-0.2, 0) is 23.1 Å². The molecule has 1 fully saturated rings. The number of nitrogens with zero attached hydrogens (tertiary/aromatic N) is 1. The molecule has 1 heterocycles. The van der Waals surface area contributed by atoms with Crippen molar-refractivity contribution in [2.45, 2.75) is 37.2 Å². The van der Waals surface area contributed by atoms with E-state index in [1.165, 1.54) is 51.1 Å². The minimum absolute atomic E-state index is 0.0642. The van der Waals surface area contributed by atoms with Crippen molar-refractivity contribution in [2.24, 2.45) is 0 Å². The van der Waals surface area contributed by atoms with Gasteiger partial charge in [0.1, 0.15) is 10.6 Å². The molecule has 0 spiro atoms. The van der Waals surface area contributed by atoms with Crippen molar-refractivity contribution in [2.75, 3.05) is 27.2 Å². The van der Waals surface area contributed by atoms with Gasteiger partial charge in [-0.3, -0.25) is 9.69 Å². The van der Waals surface area contributed by atoms with Crippen LogP contribution >= 0.6 is 0 Å². The van der Waals surface area contributed by atoms with Crippen LogP contribution in [0.5, 0.6) is 5.75 Å². The molecule has 0 saturated carbocycles. The number of ether oxygens (including phenoxy) is 1. The van der Waals surface area contributed by atoms with Gasteiger partial charge in [0.2, 0.25) is 10.0 Å². The van der Waals surface area contributed by atoms with E-state index in [0.717, 1.165) is 25.2 Å². The lowest BCUT2D eigenvalue weighted by atomic mass is 10.0. The smallest absolute Gasteiger partial charge is 0.251 e. The monoisotopic (exact) mass is 431 g/mol. The number of hydrogen-bond donors (Lipinski definition) is 2. The lowest BCUT2D eigenvalue weighted by Gasteiger charge is -2.27. The van der Waals surface area contributed by atoms with Crippen LogP contribution in [0.15, 0.2) is 47.4 Å². The molecule has 162 valence electrons. The van der Waals surface area contributed by atoms with E-state index in [4.69, 9.17) is 4.74 Å². The summed E-state index contributed by atoms with van der Waals surface area (Å²) in [6, 6.07) is 12.5. The van der Waals surface area contributed by atoms with E-state index in [0.29, 0.717) is 6.54 Å². The standard InChI is InChI=1S/C22H29N3O4S/c1-23-30(27,28)21-14-17(10-11-20(21)29-2)22(26)24-15-18-8-4-5-9-19(18)16-25-12-6-3-7-13-25/h4-5,8-11,14,23H,3,6-7,12-13,15-16H2,1-2H3,(H,24,26). The molecule has 1 aliphatic heterocycles. The molecule has 0 bridgehead atoms. The summed E-state index contributed by atoms with van der Waals surface area (Å²) >= 11 is 0. The first-order valence-corrected chi connectivity index (χ1v) is 11.6. The number of sulfonamides is 1. The van der Waals surface area contributed by atoms with E-state index in [1.807, 2.05) is 18.2 Å². The minimum Gasteiger partial charge on any atom is -0.495 e. The van der Waals surface area contributed by atoms with Gasteiger partial charge in [0.15, 0.2) is 0 Å². The second-order valence-corrected chi connectivity index (χ2v) is 9.22. The fourth-order valence-corrected chi connectivity index (χ4v) is 4.58. The summed E-state index contributed by atoms with van der Waals surface area (Å²) in [7, 11) is -1.04. The van der Waals surface area contributed by atoms with Gasteiger partial charge in [-0.25, -0.2) is 13.1 Å². The Morgan fingerprint density at radius 1 is 1.07 bits per heavy atom. The molecule has 8 heteroatoms. The third-order valence-corrected chi connectivity index (χ3v) is 6.82. The number of nitrogens with one attached hydrogen (secondary N) is 2. The minimum atomic E-state index is -3.75. The fourth-order valence-electron chi connectivity index (χ4n) is 3.66. The lowest BCUT2D eigenvalue weighted by Crippen LogP contribution is -2.30. The number of amides is 1. The summed E-state index contributed by atoms with van der Waals surface area (Å²) in [5.41, 5.74) is 2.53. The summed E-state index contributed by atoms with van der Waals surface area (Å²) in [4.78, 5) is 15.1. The number of rotatable bonds is 8. The van der Waals surface area contributed by atoms with Crippen molar-refractivity contribution in [3.63, 3.8) is 0 Å². The van der Waals surface area contributed by atoms with Gasteiger partial charge in [-0.2, -0.15) is 0 Å². The average Bonchev–Trinajstić information content (AvgIpc) is 2.78. The molecule has 0 atom stereocenters. The zero-order valence-corrected chi connectivity index (χ0v) is 18.3. The number of likely N-dealkylation sites (tertiary alicyclic amines) is 1. The number of methoxy groups -OCH3 is 1. The quantitative estimate of drug-likeness (QED) is 0.671. The van der Waals surface area contributed by atoms with Crippen LogP contribution in [0.25, 0.3) is 0 Å². The highest BCUT2D eigenvalue weighted by atomic mass is 32.2. The highest BCUT2D eigenvalue weighted by molar-refractivity contribution is 7.89. The van der Waals surface area contributed by atoms with Crippen LogP contribution in [0.2, 0.25) is 0 Å². The maximum atomic E-state index is 12.7. The van der Waals surface area contributed by atoms with Gasteiger partial charge in [-0.1, -0.05) is 30.7 Å². The molecular formula is C22H29N3O4S. The van der Waals surface area contributed by atoms with Gasteiger partial charge in [-0.15, -0.1) is 0 Å². The van der Waals surface area contributed by atoms with Gasteiger partial charge in [0, 0.05) is 18.7 Å².